The second kappa shape index (κ2) is 8.83. The summed E-state index contributed by atoms with van der Waals surface area (Å²) >= 11 is 0. The molecule has 1 atom stereocenters. The van der Waals surface area contributed by atoms with E-state index in [0.29, 0.717) is 12.0 Å². The van der Waals surface area contributed by atoms with Gasteiger partial charge in [-0.1, -0.05) is 18.2 Å². The number of guanidine groups is 1. The molecule has 1 saturated heterocycles. The summed E-state index contributed by atoms with van der Waals surface area (Å²) in [5.74, 6) is 1.25. The zero-order chi connectivity index (χ0) is 22.9. The van der Waals surface area contributed by atoms with Gasteiger partial charge in [0.05, 0.1) is 18.8 Å². The number of methoxy groups -OCH3 is 1. The number of ether oxygens (including phenoxy) is 1. The van der Waals surface area contributed by atoms with Gasteiger partial charge >= 0.3 is 0 Å². The van der Waals surface area contributed by atoms with Gasteiger partial charge in [0.25, 0.3) is 0 Å². The van der Waals surface area contributed by atoms with Gasteiger partial charge in [-0.05, 0) is 50.6 Å². The van der Waals surface area contributed by atoms with Crippen molar-refractivity contribution in [1.29, 1.82) is 0 Å². The van der Waals surface area contributed by atoms with E-state index in [1.165, 1.54) is 11.1 Å². The molecule has 1 aromatic heterocycles. The Kier molecular flexibility index (Phi) is 5.72. The summed E-state index contributed by atoms with van der Waals surface area (Å²) in [6.45, 7) is 4.16. The summed E-state index contributed by atoms with van der Waals surface area (Å²) in [6, 6.07) is 15.3. The van der Waals surface area contributed by atoms with Gasteiger partial charge in [-0.15, -0.1) is 0 Å². The number of nitrogens with two attached hydrogens (primary N) is 1. The summed E-state index contributed by atoms with van der Waals surface area (Å²) in [7, 11) is 3.76. The number of aliphatic imine (C=N–C) groups is 1. The van der Waals surface area contributed by atoms with E-state index in [1.807, 2.05) is 19.3 Å². The fourth-order valence-electron chi connectivity index (χ4n) is 5.09. The number of rotatable bonds is 5. The Morgan fingerprint density at radius 3 is 2.70 bits per heavy atom. The highest BCUT2D eigenvalue weighted by Crippen LogP contribution is 2.42. The molecule has 0 amide bonds. The number of fused-ring (bicyclic) bond motifs is 1. The number of anilines is 2. The molecule has 2 aliphatic rings. The van der Waals surface area contributed by atoms with Crippen LogP contribution in [0.15, 0.2) is 65.4 Å². The van der Waals surface area contributed by atoms with Crippen LogP contribution < -0.4 is 25.6 Å². The van der Waals surface area contributed by atoms with E-state index < -0.39 is 0 Å². The first-order valence-electron chi connectivity index (χ1n) is 11.6. The van der Waals surface area contributed by atoms with Crippen molar-refractivity contribution in [3.05, 3.63) is 66.0 Å². The Hall–Kier alpha value is -3.45. The van der Waals surface area contributed by atoms with Crippen LogP contribution in [0, 0.1) is 0 Å². The minimum atomic E-state index is -0.0789. The maximum atomic E-state index is 6.50. The minimum Gasteiger partial charge on any atom is -0.494 e. The predicted molar refractivity (Wildman–Crippen MR) is 136 cm³/mol. The number of aromatic amines is 1. The molecule has 172 valence electrons. The van der Waals surface area contributed by atoms with E-state index in [0.717, 1.165) is 54.0 Å². The number of hydrogen-bond acceptors (Lipinski definition) is 6. The van der Waals surface area contributed by atoms with E-state index in [2.05, 4.69) is 74.6 Å². The molecule has 7 nitrogen and oxygen atoms in total. The lowest BCUT2D eigenvalue weighted by Crippen LogP contribution is -2.43. The molecule has 1 fully saturated rings. The van der Waals surface area contributed by atoms with Gasteiger partial charge in [0.1, 0.15) is 5.75 Å². The molecule has 1 unspecified atom stereocenters. The quantitative estimate of drug-likeness (QED) is 0.551. The molecule has 2 aliphatic heterocycles. The topological polar surface area (TPSA) is 81.9 Å². The molecule has 0 aliphatic carbocycles. The van der Waals surface area contributed by atoms with Crippen molar-refractivity contribution in [2.24, 2.45) is 10.7 Å². The predicted octanol–water partition coefficient (Wildman–Crippen LogP) is 4.14. The number of nitrogens with one attached hydrogen (secondary N) is 2. The van der Waals surface area contributed by atoms with Crippen molar-refractivity contribution in [3.8, 4) is 5.75 Å². The van der Waals surface area contributed by atoms with Gasteiger partial charge in [-0.3, -0.25) is 4.90 Å². The highest BCUT2D eigenvalue weighted by molar-refractivity contribution is 6.00. The molecule has 2 aromatic carbocycles. The minimum absolute atomic E-state index is 0.0789. The normalized spacial score (nSPS) is 19.5. The van der Waals surface area contributed by atoms with Crippen LogP contribution in [0.4, 0.5) is 11.4 Å². The number of nitrogens with zero attached hydrogens (tertiary/aromatic N) is 3. The average Bonchev–Trinajstić information content (AvgIpc) is 3.29. The molecule has 0 saturated carbocycles. The smallest absolute Gasteiger partial charge is 0.201 e. The summed E-state index contributed by atoms with van der Waals surface area (Å²) in [5.41, 5.74) is 12.0. The van der Waals surface area contributed by atoms with E-state index in [1.54, 1.807) is 7.11 Å². The van der Waals surface area contributed by atoms with Crippen molar-refractivity contribution in [2.75, 3.05) is 37.0 Å². The Balaban J connectivity index is 1.53. The van der Waals surface area contributed by atoms with E-state index in [9.17, 15) is 0 Å². The molecular formula is C26H32N6O. The van der Waals surface area contributed by atoms with E-state index >= 15 is 0 Å². The van der Waals surface area contributed by atoms with Gasteiger partial charge < -0.3 is 25.7 Å². The number of piperidine rings is 1. The van der Waals surface area contributed by atoms with Crippen LogP contribution in [0.25, 0.3) is 10.9 Å². The Labute approximate surface area is 194 Å². The second-order valence-corrected chi connectivity index (χ2v) is 8.83. The number of benzene rings is 2. The van der Waals surface area contributed by atoms with Crippen LogP contribution in [0.5, 0.6) is 5.75 Å². The maximum Gasteiger partial charge on any atom is 0.201 e. The Morgan fingerprint density at radius 1 is 1.15 bits per heavy atom. The lowest BCUT2D eigenvalue weighted by molar-refractivity contribution is 0.413. The van der Waals surface area contributed by atoms with Crippen LogP contribution in [-0.4, -0.2) is 44.2 Å². The highest BCUT2D eigenvalue weighted by atomic mass is 16.5. The number of hydrogen-bond donors (Lipinski definition) is 3. The van der Waals surface area contributed by atoms with Gasteiger partial charge in [0, 0.05) is 59.7 Å². The lowest BCUT2D eigenvalue weighted by Gasteiger charge is -2.37. The molecule has 7 heteroatoms. The largest absolute Gasteiger partial charge is 0.494 e. The molecule has 4 N–H and O–H groups in total. The van der Waals surface area contributed by atoms with Crippen molar-refractivity contribution in [2.45, 2.75) is 31.8 Å². The molecule has 3 heterocycles. The van der Waals surface area contributed by atoms with Crippen LogP contribution in [-0.2, 0) is 0 Å². The molecule has 33 heavy (non-hydrogen) atoms. The second-order valence-electron chi connectivity index (χ2n) is 8.83. The zero-order valence-electron chi connectivity index (χ0n) is 19.5. The first-order valence-corrected chi connectivity index (χ1v) is 11.6. The van der Waals surface area contributed by atoms with Crippen LogP contribution >= 0.6 is 0 Å². The standard InChI is InChI=1S/C26H32N6O/c1-17-15-30-26(27)32(25(17)21-16-29-22-7-5-4-6-20(21)22)23-9-8-19(14-24(23)33-3)31-12-10-18(28-2)11-13-31/h4-9,14-16,18,25,28-29H,10-13H2,1-3H3,(H2,27,30). The fourth-order valence-corrected chi connectivity index (χ4v) is 5.09. The third-order valence-corrected chi connectivity index (χ3v) is 6.94. The van der Waals surface area contributed by atoms with Crippen LogP contribution in [0.1, 0.15) is 31.4 Å². The highest BCUT2D eigenvalue weighted by Gasteiger charge is 2.32. The number of H-pyrrole nitrogens is 1. The van der Waals surface area contributed by atoms with Gasteiger partial charge in [-0.25, -0.2) is 4.99 Å². The lowest BCUT2D eigenvalue weighted by atomic mass is 9.96. The Morgan fingerprint density at radius 2 is 1.94 bits per heavy atom. The summed E-state index contributed by atoms with van der Waals surface area (Å²) in [5, 5.41) is 4.58. The first kappa shape index (κ1) is 21.4. The molecule has 0 bridgehead atoms. The van der Waals surface area contributed by atoms with Gasteiger partial charge in [0.2, 0.25) is 5.96 Å². The van der Waals surface area contributed by atoms with E-state index in [4.69, 9.17) is 10.5 Å². The van der Waals surface area contributed by atoms with Gasteiger partial charge in [-0.2, -0.15) is 0 Å². The number of aromatic nitrogens is 1. The monoisotopic (exact) mass is 444 g/mol. The molecule has 5 rings (SSSR count). The van der Waals surface area contributed by atoms with Crippen molar-refractivity contribution >= 4 is 28.2 Å². The molecule has 3 aromatic rings. The zero-order valence-corrected chi connectivity index (χ0v) is 19.5. The molecule has 0 spiro atoms. The third kappa shape index (κ3) is 3.82. The summed E-state index contributed by atoms with van der Waals surface area (Å²) in [6.07, 6.45) is 6.22. The van der Waals surface area contributed by atoms with Crippen LogP contribution in [0.3, 0.4) is 0 Å². The Bertz CT molecular complexity index is 1200. The summed E-state index contributed by atoms with van der Waals surface area (Å²) < 4.78 is 5.89. The first-order chi connectivity index (χ1) is 16.1. The average molecular weight is 445 g/mol. The SMILES string of the molecule is CNC1CCN(c2ccc(N3C(N)=NC=C(C)C3c3c[nH]c4ccccc34)c(OC)c2)CC1. The van der Waals surface area contributed by atoms with Crippen molar-refractivity contribution in [1.82, 2.24) is 10.3 Å². The molecular weight excluding hydrogens is 412 g/mol. The van der Waals surface area contributed by atoms with Gasteiger partial charge in [0.15, 0.2) is 0 Å². The maximum absolute atomic E-state index is 6.50. The van der Waals surface area contributed by atoms with Crippen molar-refractivity contribution < 1.29 is 4.74 Å². The summed E-state index contributed by atoms with van der Waals surface area (Å²) in [4.78, 5) is 12.4. The third-order valence-electron chi connectivity index (χ3n) is 6.94. The fraction of sp³-hybridized carbons (Fsp3) is 0.346. The number of para-hydroxylation sites is 1. The van der Waals surface area contributed by atoms with E-state index in [-0.39, 0.29) is 6.04 Å². The molecule has 0 radical (unpaired) electrons. The van der Waals surface area contributed by atoms with Crippen molar-refractivity contribution in [3.63, 3.8) is 0 Å². The van der Waals surface area contributed by atoms with Crippen LogP contribution in [0.2, 0.25) is 0 Å².